The summed E-state index contributed by atoms with van der Waals surface area (Å²) < 4.78 is 13.1. The van der Waals surface area contributed by atoms with Gasteiger partial charge in [0.25, 0.3) is 5.69 Å². The van der Waals surface area contributed by atoms with Crippen molar-refractivity contribution in [2.45, 2.75) is 26.2 Å². The lowest BCUT2D eigenvalue weighted by Gasteiger charge is -2.11. The van der Waals surface area contributed by atoms with Crippen molar-refractivity contribution >= 4 is 34.4 Å². The highest BCUT2D eigenvalue weighted by Crippen LogP contribution is 2.25. The average Bonchev–Trinajstić information content (AvgIpc) is 2.55. The van der Waals surface area contributed by atoms with E-state index in [-0.39, 0.29) is 16.5 Å². The number of thiocarbonyl (C=S) groups is 1. The van der Waals surface area contributed by atoms with Crippen LogP contribution in [-0.4, -0.2) is 10.0 Å². The Morgan fingerprint density at radius 1 is 1.21 bits per heavy atom. The predicted octanol–water partition coefficient (Wildman–Crippen LogP) is 4.89. The number of benzene rings is 2. The van der Waals surface area contributed by atoms with E-state index in [0.717, 1.165) is 37.1 Å². The van der Waals surface area contributed by atoms with Gasteiger partial charge in [0, 0.05) is 5.69 Å². The molecule has 0 aliphatic heterocycles. The molecule has 2 aromatic carbocycles. The number of nitrogens with one attached hydrogen (secondary N) is 2. The number of rotatable bonds is 6. The third kappa shape index (κ3) is 4.99. The van der Waals surface area contributed by atoms with Gasteiger partial charge in [-0.25, -0.2) is 4.39 Å². The first-order valence-electron chi connectivity index (χ1n) is 7.60. The zero-order valence-corrected chi connectivity index (χ0v) is 14.0. The van der Waals surface area contributed by atoms with Gasteiger partial charge in [-0.3, -0.25) is 10.1 Å². The van der Waals surface area contributed by atoms with Gasteiger partial charge in [-0.2, -0.15) is 0 Å². The smallest absolute Gasteiger partial charge is 0.295 e. The minimum absolute atomic E-state index is 0.137. The molecule has 7 heteroatoms. The van der Waals surface area contributed by atoms with Crippen LogP contribution < -0.4 is 10.6 Å². The van der Waals surface area contributed by atoms with Crippen molar-refractivity contribution in [3.05, 3.63) is 64.0 Å². The van der Waals surface area contributed by atoms with E-state index >= 15 is 0 Å². The second kappa shape index (κ2) is 8.35. The summed E-state index contributed by atoms with van der Waals surface area (Å²) in [5.74, 6) is -0.672. The lowest BCUT2D eigenvalue weighted by molar-refractivity contribution is -0.384. The normalized spacial score (nSPS) is 10.2. The maximum Gasteiger partial charge on any atom is 0.295 e. The number of hydrogen-bond donors (Lipinski definition) is 2. The molecule has 0 aromatic heterocycles. The molecule has 5 nitrogen and oxygen atoms in total. The van der Waals surface area contributed by atoms with Crippen molar-refractivity contribution < 1.29 is 9.31 Å². The summed E-state index contributed by atoms with van der Waals surface area (Å²) in [4.78, 5) is 10.3. The molecule has 0 radical (unpaired) electrons. The van der Waals surface area contributed by atoms with Crippen molar-refractivity contribution in [1.29, 1.82) is 0 Å². The Labute approximate surface area is 145 Å². The van der Waals surface area contributed by atoms with Gasteiger partial charge in [0.15, 0.2) is 5.11 Å². The van der Waals surface area contributed by atoms with E-state index in [1.54, 1.807) is 0 Å². The van der Waals surface area contributed by atoms with Gasteiger partial charge in [-0.15, -0.1) is 0 Å². The number of anilines is 2. The molecule has 2 N–H and O–H groups in total. The molecule has 2 rings (SSSR count). The van der Waals surface area contributed by atoms with E-state index in [4.69, 9.17) is 12.2 Å². The molecule has 0 unspecified atom stereocenters. The molecule has 2 aromatic rings. The Bertz CT molecular complexity index is 735. The van der Waals surface area contributed by atoms with Gasteiger partial charge in [0.05, 0.1) is 11.0 Å². The lowest BCUT2D eigenvalue weighted by atomic mass is 10.1. The number of hydrogen-bond acceptors (Lipinski definition) is 3. The molecular formula is C17H18FN3O2S. The maximum atomic E-state index is 13.1. The highest BCUT2D eigenvalue weighted by Gasteiger charge is 2.15. The first-order valence-corrected chi connectivity index (χ1v) is 8.01. The summed E-state index contributed by atoms with van der Waals surface area (Å²) in [7, 11) is 0. The third-order valence-electron chi connectivity index (χ3n) is 3.44. The summed E-state index contributed by atoms with van der Waals surface area (Å²) in [5, 5.41) is 16.9. The van der Waals surface area contributed by atoms with Crippen molar-refractivity contribution in [2.24, 2.45) is 0 Å². The topological polar surface area (TPSA) is 67.2 Å². The van der Waals surface area contributed by atoms with Gasteiger partial charge in [0.2, 0.25) is 0 Å². The highest BCUT2D eigenvalue weighted by molar-refractivity contribution is 7.80. The fourth-order valence-electron chi connectivity index (χ4n) is 2.18. The van der Waals surface area contributed by atoms with Crippen molar-refractivity contribution in [3.8, 4) is 0 Å². The van der Waals surface area contributed by atoms with Crippen LogP contribution in [0.15, 0.2) is 42.5 Å². The average molecular weight is 347 g/mol. The second-order valence-corrected chi connectivity index (χ2v) is 5.71. The van der Waals surface area contributed by atoms with E-state index in [1.807, 2.05) is 24.3 Å². The Morgan fingerprint density at radius 2 is 1.92 bits per heavy atom. The molecule has 24 heavy (non-hydrogen) atoms. The predicted molar refractivity (Wildman–Crippen MR) is 98.0 cm³/mol. The third-order valence-corrected chi connectivity index (χ3v) is 3.64. The van der Waals surface area contributed by atoms with E-state index < -0.39 is 10.7 Å². The summed E-state index contributed by atoms with van der Waals surface area (Å²) in [6.45, 7) is 2.15. The molecule has 0 atom stereocenters. The van der Waals surface area contributed by atoms with Gasteiger partial charge in [-0.1, -0.05) is 25.5 Å². The molecule has 0 amide bonds. The molecule has 0 spiro atoms. The zero-order valence-electron chi connectivity index (χ0n) is 13.2. The molecular weight excluding hydrogens is 329 g/mol. The molecule has 0 saturated carbocycles. The van der Waals surface area contributed by atoms with E-state index in [2.05, 4.69) is 17.6 Å². The number of unbranched alkanes of at least 4 members (excludes halogenated alkanes) is 1. The van der Waals surface area contributed by atoms with Crippen LogP contribution in [0.5, 0.6) is 0 Å². The molecule has 0 bridgehead atoms. The van der Waals surface area contributed by atoms with Gasteiger partial charge < -0.3 is 10.6 Å². The van der Waals surface area contributed by atoms with E-state index in [1.165, 1.54) is 11.6 Å². The maximum absolute atomic E-state index is 13.1. The summed E-state index contributed by atoms with van der Waals surface area (Å²) in [6.07, 6.45) is 3.31. The first kappa shape index (κ1) is 17.8. The number of nitrogens with zero attached hydrogens (tertiary/aromatic N) is 1. The quantitative estimate of drug-likeness (QED) is 0.443. The fourth-order valence-corrected chi connectivity index (χ4v) is 2.41. The van der Waals surface area contributed by atoms with Crippen molar-refractivity contribution in [1.82, 2.24) is 0 Å². The lowest BCUT2D eigenvalue weighted by Crippen LogP contribution is -2.19. The van der Waals surface area contributed by atoms with Crippen LogP contribution in [0, 0.1) is 15.9 Å². The molecule has 0 fully saturated rings. The minimum atomic E-state index is -0.672. The van der Waals surface area contributed by atoms with Crippen LogP contribution in [0.1, 0.15) is 25.3 Å². The van der Waals surface area contributed by atoms with E-state index in [9.17, 15) is 14.5 Å². The number of nitro benzene ring substituents is 1. The summed E-state index contributed by atoms with van der Waals surface area (Å²) in [5.41, 5.74) is 1.79. The first-order chi connectivity index (χ1) is 11.5. The van der Waals surface area contributed by atoms with Crippen LogP contribution in [0.25, 0.3) is 0 Å². The van der Waals surface area contributed by atoms with Crippen LogP contribution in [0.2, 0.25) is 0 Å². The summed E-state index contributed by atoms with van der Waals surface area (Å²) in [6, 6.07) is 11.1. The molecule has 0 heterocycles. The Balaban J connectivity index is 2.02. The van der Waals surface area contributed by atoms with Gasteiger partial charge >= 0.3 is 0 Å². The molecule has 0 saturated heterocycles. The molecule has 126 valence electrons. The van der Waals surface area contributed by atoms with Crippen molar-refractivity contribution in [2.75, 3.05) is 10.6 Å². The van der Waals surface area contributed by atoms with Crippen LogP contribution >= 0.6 is 12.2 Å². The number of nitro groups is 1. The Morgan fingerprint density at radius 3 is 2.54 bits per heavy atom. The van der Waals surface area contributed by atoms with Crippen LogP contribution in [0.3, 0.4) is 0 Å². The number of aryl methyl sites for hydroxylation is 1. The Kier molecular flexibility index (Phi) is 6.20. The summed E-state index contributed by atoms with van der Waals surface area (Å²) >= 11 is 5.16. The monoisotopic (exact) mass is 347 g/mol. The molecule has 0 aliphatic rings. The molecule has 0 aliphatic carbocycles. The minimum Gasteiger partial charge on any atom is -0.332 e. The fraction of sp³-hybridized carbons (Fsp3) is 0.235. The second-order valence-electron chi connectivity index (χ2n) is 5.30. The largest absolute Gasteiger partial charge is 0.332 e. The standard InChI is InChI=1S/C17H18FN3O2S/c1-2-3-4-12-5-8-14(9-6-12)19-17(24)20-15-10-7-13(18)11-16(15)21(22)23/h5-11H,2-4H2,1H3,(H2,19,20,24). The van der Waals surface area contributed by atoms with Crippen LogP contribution in [-0.2, 0) is 6.42 Å². The SMILES string of the molecule is CCCCc1ccc(NC(=S)Nc2ccc(F)cc2[N+](=O)[O-])cc1. The highest BCUT2D eigenvalue weighted by atomic mass is 32.1. The van der Waals surface area contributed by atoms with Crippen LogP contribution in [0.4, 0.5) is 21.5 Å². The van der Waals surface area contributed by atoms with Crippen molar-refractivity contribution in [3.63, 3.8) is 0 Å². The van der Waals surface area contributed by atoms with Gasteiger partial charge in [0.1, 0.15) is 11.5 Å². The number of halogens is 1. The van der Waals surface area contributed by atoms with E-state index in [0.29, 0.717) is 0 Å². The zero-order chi connectivity index (χ0) is 17.5. The van der Waals surface area contributed by atoms with Gasteiger partial charge in [-0.05, 0) is 54.9 Å². The Hall–Kier alpha value is -2.54.